The first-order chi connectivity index (χ1) is 15.0. The number of carbonyl (C=O) groups is 6. The van der Waals surface area contributed by atoms with Crippen LogP contribution in [0.25, 0.3) is 0 Å². The molecule has 1 fully saturated rings. The molecule has 9 N–H and O–H groups in total. The number of hydrogen-bond acceptors (Lipinski definition) is 8. The zero-order valence-corrected chi connectivity index (χ0v) is 17.4. The Labute approximate surface area is 183 Å². The summed E-state index contributed by atoms with van der Waals surface area (Å²) >= 11 is 0. The number of carboxylic acids is 2. The molecule has 0 radical (unpaired) electrons. The minimum atomic E-state index is -1.45. The summed E-state index contributed by atoms with van der Waals surface area (Å²) in [6, 6.07) is -5.05. The van der Waals surface area contributed by atoms with Crippen molar-refractivity contribution >= 4 is 35.6 Å². The average molecular weight is 459 g/mol. The maximum Gasteiger partial charge on any atom is 0.326 e. The number of amides is 4. The van der Waals surface area contributed by atoms with Crippen molar-refractivity contribution < 1.29 is 44.1 Å². The maximum atomic E-state index is 12.8. The lowest BCUT2D eigenvalue weighted by Gasteiger charge is -2.29. The van der Waals surface area contributed by atoms with Gasteiger partial charge in [0.25, 0.3) is 0 Å². The summed E-state index contributed by atoms with van der Waals surface area (Å²) in [5, 5.41) is 32.0. The Morgan fingerprint density at radius 3 is 2.19 bits per heavy atom. The molecule has 4 atom stereocenters. The zero-order chi connectivity index (χ0) is 24.4. The van der Waals surface area contributed by atoms with E-state index in [2.05, 4.69) is 10.6 Å². The van der Waals surface area contributed by atoms with E-state index in [4.69, 9.17) is 16.6 Å². The van der Waals surface area contributed by atoms with E-state index in [1.54, 1.807) is 0 Å². The molecule has 14 heteroatoms. The number of carbonyl (C=O) groups excluding carboxylic acids is 4. The van der Waals surface area contributed by atoms with Crippen LogP contribution >= 0.6 is 0 Å². The first-order valence-corrected chi connectivity index (χ1v) is 9.98. The average Bonchev–Trinajstić information content (AvgIpc) is 3.21. The predicted molar refractivity (Wildman–Crippen MR) is 107 cm³/mol. The molecule has 4 amide bonds. The standard InChI is InChI=1S/C18H29N5O9/c19-9(3-5-13(20)25)15(28)22-11(8-24)17(30)23-7-1-2-12(23)16(29)21-10(18(31)32)4-6-14(26)27/h9-12,24H,1-8,19H2,(H2,20,25)(H,21,29)(H,22,28)(H,26,27)(H,31,32). The van der Waals surface area contributed by atoms with Gasteiger partial charge in [-0.1, -0.05) is 0 Å². The van der Waals surface area contributed by atoms with E-state index in [-0.39, 0.29) is 32.2 Å². The molecule has 0 aromatic heterocycles. The minimum Gasteiger partial charge on any atom is -0.481 e. The van der Waals surface area contributed by atoms with Crippen molar-refractivity contribution in [1.29, 1.82) is 0 Å². The van der Waals surface area contributed by atoms with Crippen LogP contribution in [0.3, 0.4) is 0 Å². The third-order valence-corrected chi connectivity index (χ3v) is 4.94. The molecule has 14 nitrogen and oxygen atoms in total. The van der Waals surface area contributed by atoms with Crippen molar-refractivity contribution in [3.05, 3.63) is 0 Å². The lowest BCUT2D eigenvalue weighted by molar-refractivity contribution is -0.145. The van der Waals surface area contributed by atoms with Gasteiger partial charge in [0.1, 0.15) is 18.1 Å². The van der Waals surface area contributed by atoms with E-state index < -0.39 is 72.8 Å². The molecule has 1 rings (SSSR count). The summed E-state index contributed by atoms with van der Waals surface area (Å²) in [5.74, 6) is -5.64. The van der Waals surface area contributed by atoms with Crippen molar-refractivity contribution in [2.24, 2.45) is 11.5 Å². The van der Waals surface area contributed by atoms with Crippen molar-refractivity contribution in [2.75, 3.05) is 13.2 Å². The number of aliphatic hydroxyl groups excluding tert-OH is 1. The van der Waals surface area contributed by atoms with Crippen molar-refractivity contribution in [3.63, 3.8) is 0 Å². The molecule has 1 saturated heterocycles. The Bertz CT molecular complexity index is 744. The highest BCUT2D eigenvalue weighted by Crippen LogP contribution is 2.19. The molecule has 0 aromatic rings. The van der Waals surface area contributed by atoms with Crippen LogP contribution in [0.4, 0.5) is 0 Å². The number of nitrogens with two attached hydrogens (primary N) is 2. The number of carboxylic acid groups (broad SMARTS) is 2. The van der Waals surface area contributed by atoms with Crippen LogP contribution in [0.1, 0.15) is 38.5 Å². The van der Waals surface area contributed by atoms with Gasteiger partial charge in [-0.15, -0.1) is 0 Å². The van der Waals surface area contributed by atoms with E-state index in [0.29, 0.717) is 6.42 Å². The van der Waals surface area contributed by atoms with E-state index >= 15 is 0 Å². The molecule has 32 heavy (non-hydrogen) atoms. The molecule has 0 spiro atoms. The second-order valence-corrected chi connectivity index (χ2v) is 7.38. The highest BCUT2D eigenvalue weighted by atomic mass is 16.4. The van der Waals surface area contributed by atoms with E-state index in [9.17, 15) is 39.0 Å². The van der Waals surface area contributed by atoms with Gasteiger partial charge >= 0.3 is 11.9 Å². The number of aliphatic carboxylic acids is 2. The molecule has 180 valence electrons. The Balaban J connectivity index is 2.79. The van der Waals surface area contributed by atoms with Crippen molar-refractivity contribution in [1.82, 2.24) is 15.5 Å². The third-order valence-electron chi connectivity index (χ3n) is 4.94. The number of aliphatic hydroxyl groups is 1. The van der Waals surface area contributed by atoms with Gasteiger partial charge in [0, 0.05) is 19.4 Å². The van der Waals surface area contributed by atoms with Gasteiger partial charge in [-0.3, -0.25) is 24.0 Å². The maximum absolute atomic E-state index is 12.8. The van der Waals surface area contributed by atoms with Gasteiger partial charge < -0.3 is 42.3 Å². The molecule has 0 saturated carbocycles. The third kappa shape index (κ3) is 8.11. The van der Waals surface area contributed by atoms with Crippen molar-refractivity contribution in [2.45, 2.75) is 62.7 Å². The fourth-order valence-electron chi connectivity index (χ4n) is 3.19. The first kappa shape index (κ1) is 26.8. The summed E-state index contributed by atoms with van der Waals surface area (Å²) < 4.78 is 0. The smallest absolute Gasteiger partial charge is 0.326 e. The second-order valence-electron chi connectivity index (χ2n) is 7.38. The SMILES string of the molecule is NC(=O)CCC(N)C(=O)NC(CO)C(=O)N1CCCC1C(=O)NC(CCC(=O)O)C(=O)O. The van der Waals surface area contributed by atoms with Gasteiger partial charge in [0.2, 0.25) is 23.6 Å². The summed E-state index contributed by atoms with van der Waals surface area (Å²) in [6.45, 7) is -0.655. The number of nitrogens with zero attached hydrogens (tertiary/aromatic N) is 1. The number of rotatable bonds is 13. The number of hydrogen-bond donors (Lipinski definition) is 7. The molecule has 4 unspecified atom stereocenters. The number of primary amides is 1. The summed E-state index contributed by atoms with van der Waals surface area (Å²) in [5.41, 5.74) is 10.6. The summed E-state index contributed by atoms with van der Waals surface area (Å²) in [7, 11) is 0. The molecule has 1 heterocycles. The van der Waals surface area contributed by atoms with Gasteiger partial charge in [0.15, 0.2) is 0 Å². The Morgan fingerprint density at radius 2 is 1.66 bits per heavy atom. The lowest BCUT2D eigenvalue weighted by Crippen LogP contribution is -2.57. The largest absolute Gasteiger partial charge is 0.481 e. The van der Waals surface area contributed by atoms with Crippen LogP contribution in [0.15, 0.2) is 0 Å². The fourth-order valence-corrected chi connectivity index (χ4v) is 3.19. The van der Waals surface area contributed by atoms with Crippen LogP contribution in [-0.2, 0) is 28.8 Å². The summed E-state index contributed by atoms with van der Waals surface area (Å²) in [6.07, 6.45) is -0.384. The molecule has 1 aliphatic heterocycles. The van der Waals surface area contributed by atoms with Gasteiger partial charge in [0.05, 0.1) is 12.6 Å². The van der Waals surface area contributed by atoms with Gasteiger partial charge in [-0.25, -0.2) is 4.79 Å². The normalized spacial score (nSPS) is 18.3. The minimum absolute atomic E-state index is 0.0603. The molecule has 0 aromatic carbocycles. The van der Waals surface area contributed by atoms with Crippen LogP contribution < -0.4 is 22.1 Å². The highest BCUT2D eigenvalue weighted by Gasteiger charge is 2.39. The van der Waals surface area contributed by atoms with Crippen LogP contribution in [0, 0.1) is 0 Å². The van der Waals surface area contributed by atoms with Gasteiger partial charge in [-0.05, 0) is 25.7 Å². The fraction of sp³-hybridized carbons (Fsp3) is 0.667. The quantitative estimate of drug-likeness (QED) is 0.143. The monoisotopic (exact) mass is 459 g/mol. The zero-order valence-electron chi connectivity index (χ0n) is 17.4. The Hall–Kier alpha value is -3.26. The predicted octanol–water partition coefficient (Wildman–Crippen LogP) is -3.52. The van der Waals surface area contributed by atoms with Crippen LogP contribution in [0.5, 0.6) is 0 Å². The molecule has 0 aliphatic carbocycles. The highest BCUT2D eigenvalue weighted by molar-refractivity contribution is 5.94. The molecule has 1 aliphatic rings. The van der Waals surface area contributed by atoms with E-state index in [1.165, 1.54) is 0 Å². The van der Waals surface area contributed by atoms with Gasteiger partial charge in [-0.2, -0.15) is 0 Å². The molecular weight excluding hydrogens is 430 g/mol. The Morgan fingerprint density at radius 1 is 1.00 bits per heavy atom. The molecular formula is C18H29N5O9. The second kappa shape index (κ2) is 12.6. The van der Waals surface area contributed by atoms with Crippen LogP contribution in [0.2, 0.25) is 0 Å². The van der Waals surface area contributed by atoms with E-state index in [0.717, 1.165) is 4.90 Å². The summed E-state index contributed by atoms with van der Waals surface area (Å²) in [4.78, 5) is 71.4. The number of likely N-dealkylation sites (tertiary alicyclic amines) is 1. The van der Waals surface area contributed by atoms with E-state index in [1.807, 2.05) is 0 Å². The van der Waals surface area contributed by atoms with Crippen molar-refractivity contribution in [3.8, 4) is 0 Å². The number of nitrogens with one attached hydrogen (secondary N) is 2. The first-order valence-electron chi connectivity index (χ1n) is 9.98. The topological polar surface area (TPSA) is 242 Å². The Kier molecular flexibility index (Phi) is 10.5. The van der Waals surface area contributed by atoms with Crippen LogP contribution in [-0.4, -0.2) is 93.1 Å². The molecule has 0 bridgehead atoms. The lowest BCUT2D eigenvalue weighted by atomic mass is 10.1.